The van der Waals surface area contributed by atoms with Gasteiger partial charge >= 0.3 is 0 Å². The minimum atomic E-state index is -0.190. The Balaban J connectivity index is 1.64. The van der Waals surface area contributed by atoms with Crippen LogP contribution in [0.15, 0.2) is 64.4 Å². The van der Waals surface area contributed by atoms with Crippen LogP contribution in [-0.2, 0) is 0 Å². The third-order valence-corrected chi connectivity index (χ3v) is 6.65. The lowest BCUT2D eigenvalue weighted by molar-refractivity contribution is 0.719. The van der Waals surface area contributed by atoms with Gasteiger partial charge in [-0.05, 0) is 62.6 Å². The highest BCUT2D eigenvalue weighted by Crippen LogP contribution is 2.32. The fourth-order valence-electron chi connectivity index (χ4n) is 3.20. The van der Waals surface area contributed by atoms with E-state index in [2.05, 4.69) is 51.8 Å². The molecule has 1 atom stereocenters. The maximum atomic E-state index is 6.03. The summed E-state index contributed by atoms with van der Waals surface area (Å²) in [6.07, 6.45) is 12.7. The number of hydrogen-bond donors (Lipinski definition) is 1. The largest absolute Gasteiger partial charge is 0.284 e. The van der Waals surface area contributed by atoms with Gasteiger partial charge in [0.2, 0.25) is 0 Å². The molecule has 8 heteroatoms. The third kappa shape index (κ3) is 4.58. The molecule has 3 heterocycles. The van der Waals surface area contributed by atoms with Crippen LogP contribution < -0.4 is 0 Å². The summed E-state index contributed by atoms with van der Waals surface area (Å²) in [5.41, 5.74) is 8.00. The van der Waals surface area contributed by atoms with Crippen LogP contribution >= 0.6 is 22.9 Å². The number of H-pyrrole nitrogens is 1. The zero-order valence-electron chi connectivity index (χ0n) is 18.1. The molecule has 3 aromatic rings. The number of halogens is 1. The molecule has 0 aromatic carbocycles. The van der Waals surface area contributed by atoms with Crippen molar-refractivity contribution < 1.29 is 0 Å². The fourth-order valence-corrected chi connectivity index (χ4v) is 4.48. The van der Waals surface area contributed by atoms with Crippen molar-refractivity contribution in [2.45, 2.75) is 33.7 Å². The Bertz CT molecular complexity index is 1370. The Hall–Kier alpha value is -3.43. The Kier molecular flexibility index (Phi) is 6.38. The average molecular weight is 461 g/mol. The molecule has 3 aromatic heterocycles. The number of nitrogens with one attached hydrogen (secondary N) is 1. The van der Waals surface area contributed by atoms with Gasteiger partial charge in [0.25, 0.3) is 0 Å². The molecule has 0 bridgehead atoms. The standard InChI is InChI=1S/C24H21ClN6S/c1-15-16(2)24(32-22(15)11-8-19-12-26-27-13-19)31-14-28-30-23(31)18(4)29-17(3)20-6-5-7-21(25)10-9-20/h5-6,9-10,12-14,18H,1-4H3,(H,26,27)/t18-/m0/s1. The number of thiophene rings is 1. The molecule has 4 rings (SSSR count). The number of allylic oxidation sites excluding steroid dienone is 5. The van der Waals surface area contributed by atoms with Gasteiger partial charge in [0.15, 0.2) is 5.82 Å². The van der Waals surface area contributed by atoms with Crippen molar-refractivity contribution in [2.75, 3.05) is 0 Å². The van der Waals surface area contributed by atoms with Crippen molar-refractivity contribution >= 4 is 28.6 Å². The average Bonchev–Trinajstić information content (AvgIpc) is 3.48. The molecule has 1 N–H and O–H groups in total. The van der Waals surface area contributed by atoms with E-state index in [9.17, 15) is 0 Å². The van der Waals surface area contributed by atoms with Gasteiger partial charge < -0.3 is 0 Å². The molecule has 160 valence electrons. The van der Waals surface area contributed by atoms with Crippen molar-refractivity contribution in [1.29, 1.82) is 0 Å². The van der Waals surface area contributed by atoms with Crippen LogP contribution in [0.2, 0.25) is 0 Å². The number of rotatable bonds is 4. The van der Waals surface area contributed by atoms with Crippen molar-refractivity contribution in [3.8, 4) is 16.8 Å². The van der Waals surface area contributed by atoms with Crippen LogP contribution in [0.25, 0.3) is 5.00 Å². The van der Waals surface area contributed by atoms with Gasteiger partial charge in [-0.2, -0.15) is 5.10 Å². The molecular weight excluding hydrogens is 440 g/mol. The van der Waals surface area contributed by atoms with Gasteiger partial charge in [-0.15, -0.1) is 27.3 Å². The molecule has 0 saturated carbocycles. The lowest BCUT2D eigenvalue weighted by atomic mass is 10.1. The third-order valence-electron chi connectivity index (χ3n) is 5.11. The smallest absolute Gasteiger partial charge is 0.162 e. The van der Waals surface area contributed by atoms with Gasteiger partial charge in [0.1, 0.15) is 17.4 Å². The molecule has 0 aliphatic heterocycles. The van der Waals surface area contributed by atoms with E-state index in [4.69, 9.17) is 16.6 Å². The second kappa shape index (κ2) is 9.37. The molecule has 1 aliphatic rings. The molecule has 0 spiro atoms. The Morgan fingerprint density at radius 2 is 2.12 bits per heavy atom. The van der Waals surface area contributed by atoms with E-state index < -0.39 is 0 Å². The van der Waals surface area contributed by atoms with E-state index in [1.54, 1.807) is 36.1 Å². The Morgan fingerprint density at radius 3 is 2.91 bits per heavy atom. The van der Waals surface area contributed by atoms with Gasteiger partial charge in [0.05, 0.1) is 21.7 Å². The van der Waals surface area contributed by atoms with Crippen molar-refractivity contribution in [3.63, 3.8) is 0 Å². The molecule has 0 fully saturated rings. The molecule has 0 amide bonds. The second-order valence-electron chi connectivity index (χ2n) is 7.29. The van der Waals surface area contributed by atoms with E-state index >= 15 is 0 Å². The minimum Gasteiger partial charge on any atom is -0.284 e. The summed E-state index contributed by atoms with van der Waals surface area (Å²) in [4.78, 5) is 5.87. The van der Waals surface area contributed by atoms with E-state index in [0.717, 1.165) is 43.7 Å². The van der Waals surface area contributed by atoms with Gasteiger partial charge in [0, 0.05) is 11.9 Å². The van der Waals surface area contributed by atoms with E-state index in [1.807, 2.05) is 36.6 Å². The number of nitrogens with zero attached hydrogens (tertiary/aromatic N) is 5. The van der Waals surface area contributed by atoms with Crippen LogP contribution in [0.3, 0.4) is 0 Å². The van der Waals surface area contributed by atoms with Crippen molar-refractivity contribution in [3.05, 3.63) is 86.8 Å². The zero-order valence-corrected chi connectivity index (χ0v) is 19.7. The summed E-state index contributed by atoms with van der Waals surface area (Å²) >= 11 is 7.65. The first-order valence-electron chi connectivity index (χ1n) is 10.0. The first-order chi connectivity index (χ1) is 15.4. The first-order valence-corrected chi connectivity index (χ1v) is 11.2. The van der Waals surface area contributed by atoms with Crippen LogP contribution in [-0.4, -0.2) is 30.7 Å². The van der Waals surface area contributed by atoms with E-state index in [-0.39, 0.29) is 6.04 Å². The Morgan fingerprint density at radius 1 is 1.28 bits per heavy atom. The summed E-state index contributed by atoms with van der Waals surface area (Å²) in [6, 6.07) is -0.190. The summed E-state index contributed by atoms with van der Waals surface area (Å²) in [5, 5.41) is 16.9. The molecule has 0 saturated heterocycles. The van der Waals surface area contributed by atoms with Crippen LogP contribution in [0.4, 0.5) is 0 Å². The van der Waals surface area contributed by atoms with Gasteiger partial charge in [-0.1, -0.05) is 29.5 Å². The Labute approximate surface area is 195 Å². The summed E-state index contributed by atoms with van der Waals surface area (Å²) < 4.78 is 2.01. The normalized spacial score (nSPS) is 14.5. The molecular formula is C24H21ClN6S. The summed E-state index contributed by atoms with van der Waals surface area (Å²) in [7, 11) is 0. The van der Waals surface area contributed by atoms with E-state index in [1.165, 1.54) is 0 Å². The van der Waals surface area contributed by atoms with Crippen molar-refractivity contribution in [2.24, 2.45) is 4.99 Å². The maximum absolute atomic E-state index is 6.03. The highest BCUT2D eigenvalue weighted by molar-refractivity contribution is 7.15. The quantitative estimate of drug-likeness (QED) is 0.323. The lowest BCUT2D eigenvalue weighted by Crippen LogP contribution is -2.06. The van der Waals surface area contributed by atoms with Crippen LogP contribution in [0, 0.1) is 25.7 Å². The number of aliphatic imine (C=N–C) groups is 1. The maximum Gasteiger partial charge on any atom is 0.162 e. The number of hydrogen-bond acceptors (Lipinski definition) is 5. The van der Waals surface area contributed by atoms with Crippen molar-refractivity contribution in [1.82, 2.24) is 25.0 Å². The van der Waals surface area contributed by atoms with Crippen LogP contribution in [0.1, 0.15) is 47.3 Å². The summed E-state index contributed by atoms with van der Waals surface area (Å²) in [5.74, 6) is 7.18. The fraction of sp³-hybridized carbons (Fsp3) is 0.208. The zero-order chi connectivity index (χ0) is 22.7. The van der Waals surface area contributed by atoms with Gasteiger partial charge in [-0.3, -0.25) is 14.7 Å². The minimum absolute atomic E-state index is 0.190. The highest BCUT2D eigenvalue weighted by atomic mass is 35.5. The van der Waals surface area contributed by atoms with Gasteiger partial charge in [-0.25, -0.2) is 0 Å². The first kappa shape index (κ1) is 21.8. The predicted octanol–water partition coefficient (Wildman–Crippen LogP) is 5.36. The number of aromatic amines is 1. The SMILES string of the molecule is CC(=N[C@@H](C)c1nncn1-c1sc(C#Cc2cn[nH]c2)c(C)c1C)C1=CC=C=C(Cl)C=C1. The van der Waals surface area contributed by atoms with E-state index in [0.29, 0.717) is 5.03 Å². The molecule has 32 heavy (non-hydrogen) atoms. The van der Waals surface area contributed by atoms with Crippen LogP contribution in [0.5, 0.6) is 0 Å². The lowest BCUT2D eigenvalue weighted by Gasteiger charge is -2.11. The number of aromatic nitrogens is 5. The molecule has 0 radical (unpaired) electrons. The molecule has 1 aliphatic carbocycles. The second-order valence-corrected chi connectivity index (χ2v) is 8.69. The monoisotopic (exact) mass is 460 g/mol. The predicted molar refractivity (Wildman–Crippen MR) is 129 cm³/mol. The molecule has 6 nitrogen and oxygen atoms in total. The molecule has 0 unspecified atom stereocenters. The highest BCUT2D eigenvalue weighted by Gasteiger charge is 2.19. The topological polar surface area (TPSA) is 71.8 Å². The summed E-state index contributed by atoms with van der Waals surface area (Å²) in [6.45, 7) is 8.17.